The van der Waals surface area contributed by atoms with Crippen LogP contribution in [0.3, 0.4) is 0 Å². The first kappa shape index (κ1) is 16.5. The monoisotopic (exact) mass is 310 g/mol. The first-order chi connectivity index (χ1) is 9.90. The van der Waals surface area contributed by atoms with E-state index in [0.29, 0.717) is 5.92 Å². The Morgan fingerprint density at radius 1 is 1.14 bits per heavy atom. The number of hydrogen-bond acceptors (Lipinski definition) is 2. The smallest absolute Gasteiger partial charge is 0.282 e. The van der Waals surface area contributed by atoms with Crippen molar-refractivity contribution in [1.29, 1.82) is 0 Å². The fourth-order valence-electron chi connectivity index (χ4n) is 3.56. The molecule has 1 N–H and O–H groups in total. The lowest BCUT2D eigenvalue weighted by Crippen LogP contribution is -2.17. The molecule has 0 spiro atoms. The molecule has 1 aliphatic carbocycles. The van der Waals surface area contributed by atoms with E-state index in [0.717, 1.165) is 23.5 Å². The Morgan fingerprint density at radius 3 is 2.33 bits per heavy atom. The normalized spacial score (nSPS) is 23.2. The molecule has 3 nitrogen and oxygen atoms in total. The quantitative estimate of drug-likeness (QED) is 0.821. The van der Waals surface area contributed by atoms with E-state index >= 15 is 0 Å². The minimum absolute atomic E-state index is 0.0868. The van der Waals surface area contributed by atoms with Gasteiger partial charge in [-0.1, -0.05) is 50.3 Å². The maximum atomic E-state index is 11.5. The SMILES string of the molecule is CCC[C@H]1CC[C@H](Cc2cc(C)ccc2S(=O)(=O)O)CC1. The Bertz CT molecular complexity index is 570. The van der Waals surface area contributed by atoms with E-state index in [9.17, 15) is 13.0 Å². The number of aryl methyl sites for hydroxylation is 1. The number of rotatable bonds is 5. The minimum Gasteiger partial charge on any atom is -0.282 e. The maximum absolute atomic E-state index is 11.5. The lowest BCUT2D eigenvalue weighted by molar-refractivity contribution is 0.260. The Morgan fingerprint density at radius 2 is 1.76 bits per heavy atom. The highest BCUT2D eigenvalue weighted by Crippen LogP contribution is 2.34. The fraction of sp³-hybridized carbons (Fsp3) is 0.647. The molecule has 1 aliphatic rings. The summed E-state index contributed by atoms with van der Waals surface area (Å²) in [6, 6.07) is 5.18. The molecule has 1 saturated carbocycles. The zero-order chi connectivity index (χ0) is 15.5. The van der Waals surface area contributed by atoms with E-state index in [1.807, 2.05) is 13.0 Å². The molecule has 4 heteroatoms. The third-order valence-electron chi connectivity index (χ3n) is 4.67. The zero-order valence-corrected chi connectivity index (χ0v) is 13.8. The van der Waals surface area contributed by atoms with Gasteiger partial charge in [-0.25, -0.2) is 0 Å². The molecule has 0 radical (unpaired) electrons. The first-order valence-electron chi connectivity index (χ1n) is 7.97. The van der Waals surface area contributed by atoms with Crippen molar-refractivity contribution in [3.8, 4) is 0 Å². The Labute approximate surface area is 128 Å². The molecule has 0 atom stereocenters. The van der Waals surface area contributed by atoms with Crippen LogP contribution in [0.15, 0.2) is 23.1 Å². The number of benzene rings is 1. The van der Waals surface area contributed by atoms with Crippen molar-refractivity contribution in [2.24, 2.45) is 11.8 Å². The van der Waals surface area contributed by atoms with Crippen molar-refractivity contribution in [2.45, 2.75) is 63.7 Å². The molecular weight excluding hydrogens is 284 g/mol. The van der Waals surface area contributed by atoms with Gasteiger partial charge in [-0.2, -0.15) is 8.42 Å². The topological polar surface area (TPSA) is 54.4 Å². The summed E-state index contributed by atoms with van der Waals surface area (Å²) >= 11 is 0. The predicted molar refractivity (Wildman–Crippen MR) is 85.1 cm³/mol. The fourth-order valence-corrected chi connectivity index (χ4v) is 4.28. The van der Waals surface area contributed by atoms with Crippen molar-refractivity contribution in [1.82, 2.24) is 0 Å². The molecule has 1 fully saturated rings. The van der Waals surface area contributed by atoms with Gasteiger partial charge in [0.2, 0.25) is 0 Å². The molecule has 21 heavy (non-hydrogen) atoms. The molecule has 0 amide bonds. The number of hydrogen-bond donors (Lipinski definition) is 1. The summed E-state index contributed by atoms with van der Waals surface area (Å²) in [6.07, 6.45) is 8.17. The van der Waals surface area contributed by atoms with Crippen LogP contribution in [-0.4, -0.2) is 13.0 Å². The Balaban J connectivity index is 2.08. The van der Waals surface area contributed by atoms with Gasteiger partial charge in [-0.15, -0.1) is 0 Å². The van der Waals surface area contributed by atoms with Gasteiger partial charge in [0.25, 0.3) is 10.1 Å². The molecule has 2 rings (SSSR count). The second-order valence-electron chi connectivity index (χ2n) is 6.47. The van der Waals surface area contributed by atoms with Crippen LogP contribution in [0.1, 0.15) is 56.6 Å². The predicted octanol–water partition coefficient (Wildman–Crippen LogP) is 4.39. The van der Waals surface area contributed by atoms with E-state index in [4.69, 9.17) is 0 Å². The molecule has 0 aliphatic heterocycles. The van der Waals surface area contributed by atoms with Gasteiger partial charge >= 0.3 is 0 Å². The Kier molecular flexibility index (Phi) is 5.44. The highest BCUT2D eigenvalue weighted by Gasteiger charge is 2.23. The molecule has 0 saturated heterocycles. The van der Waals surface area contributed by atoms with Gasteiger partial charge in [0.15, 0.2) is 0 Å². The minimum atomic E-state index is -4.12. The van der Waals surface area contributed by atoms with E-state index < -0.39 is 10.1 Å². The molecule has 0 bridgehead atoms. The average molecular weight is 310 g/mol. The van der Waals surface area contributed by atoms with Crippen LogP contribution in [0.2, 0.25) is 0 Å². The molecule has 118 valence electrons. The van der Waals surface area contributed by atoms with Crippen molar-refractivity contribution < 1.29 is 13.0 Å². The highest BCUT2D eigenvalue weighted by atomic mass is 32.2. The Hall–Kier alpha value is -0.870. The van der Waals surface area contributed by atoms with E-state index in [-0.39, 0.29) is 4.90 Å². The standard InChI is InChI=1S/C17H26O3S/c1-3-4-14-6-8-15(9-7-14)12-16-11-13(2)5-10-17(16)21(18,19)20/h5,10-11,14-15H,3-4,6-9,12H2,1-2H3,(H,18,19,20)/t14-,15-. The summed E-state index contributed by atoms with van der Waals surface area (Å²) in [5, 5.41) is 0. The zero-order valence-electron chi connectivity index (χ0n) is 13.0. The summed E-state index contributed by atoms with van der Waals surface area (Å²) in [6.45, 7) is 4.19. The average Bonchev–Trinajstić information content (AvgIpc) is 2.40. The van der Waals surface area contributed by atoms with Crippen molar-refractivity contribution >= 4 is 10.1 Å². The van der Waals surface area contributed by atoms with Gasteiger partial charge in [0.1, 0.15) is 0 Å². The maximum Gasteiger partial charge on any atom is 0.294 e. The molecule has 1 aromatic rings. The van der Waals surface area contributed by atoms with Gasteiger partial charge < -0.3 is 0 Å². The highest BCUT2D eigenvalue weighted by molar-refractivity contribution is 7.85. The van der Waals surface area contributed by atoms with Gasteiger partial charge in [0.05, 0.1) is 4.90 Å². The summed E-state index contributed by atoms with van der Waals surface area (Å²) in [5.74, 6) is 1.39. The lowest BCUT2D eigenvalue weighted by atomic mass is 9.78. The van der Waals surface area contributed by atoms with Crippen LogP contribution in [-0.2, 0) is 16.5 Å². The van der Waals surface area contributed by atoms with Gasteiger partial charge in [-0.3, -0.25) is 4.55 Å². The van der Waals surface area contributed by atoms with Gasteiger partial charge in [0, 0.05) is 0 Å². The van der Waals surface area contributed by atoms with E-state index in [2.05, 4.69) is 6.92 Å². The first-order valence-corrected chi connectivity index (χ1v) is 9.41. The van der Waals surface area contributed by atoms with Crippen LogP contribution in [0.4, 0.5) is 0 Å². The third kappa shape index (κ3) is 4.55. The largest absolute Gasteiger partial charge is 0.294 e. The van der Waals surface area contributed by atoms with Crippen molar-refractivity contribution in [3.05, 3.63) is 29.3 Å². The van der Waals surface area contributed by atoms with Crippen LogP contribution in [0.25, 0.3) is 0 Å². The summed E-state index contributed by atoms with van der Waals surface area (Å²) in [5.41, 5.74) is 1.81. The summed E-state index contributed by atoms with van der Waals surface area (Å²) < 4.78 is 32.4. The van der Waals surface area contributed by atoms with E-state index in [1.165, 1.54) is 44.6 Å². The van der Waals surface area contributed by atoms with Crippen LogP contribution >= 0.6 is 0 Å². The molecule has 0 aromatic heterocycles. The molecule has 1 aromatic carbocycles. The molecular formula is C17H26O3S. The summed E-state index contributed by atoms with van der Waals surface area (Å²) in [7, 11) is -4.12. The summed E-state index contributed by atoms with van der Waals surface area (Å²) in [4.78, 5) is 0.0868. The second-order valence-corrected chi connectivity index (χ2v) is 7.86. The van der Waals surface area contributed by atoms with Crippen LogP contribution < -0.4 is 0 Å². The third-order valence-corrected chi connectivity index (χ3v) is 5.62. The van der Waals surface area contributed by atoms with Crippen LogP contribution in [0, 0.1) is 18.8 Å². The van der Waals surface area contributed by atoms with Crippen LogP contribution in [0.5, 0.6) is 0 Å². The van der Waals surface area contributed by atoms with Gasteiger partial charge in [-0.05, 0) is 49.7 Å². The second kappa shape index (κ2) is 6.93. The van der Waals surface area contributed by atoms with Crippen molar-refractivity contribution in [2.75, 3.05) is 0 Å². The molecule has 0 heterocycles. The van der Waals surface area contributed by atoms with Crippen molar-refractivity contribution in [3.63, 3.8) is 0 Å². The lowest BCUT2D eigenvalue weighted by Gasteiger charge is -2.28. The van der Waals surface area contributed by atoms with E-state index in [1.54, 1.807) is 6.07 Å². The molecule has 0 unspecified atom stereocenters.